The summed E-state index contributed by atoms with van der Waals surface area (Å²) in [6.07, 6.45) is 6.02. The molecule has 200 valence electrons. The number of ether oxygens (including phenoxy) is 1. The summed E-state index contributed by atoms with van der Waals surface area (Å²) in [6.45, 7) is 1.10. The first-order valence-corrected chi connectivity index (χ1v) is 12.1. The predicted octanol–water partition coefficient (Wildman–Crippen LogP) is 4.85. The van der Waals surface area contributed by atoms with Gasteiger partial charge in [0.25, 0.3) is 5.91 Å². The molecular formula is C27H23F3N6O3. The monoisotopic (exact) mass is 536 g/mol. The number of hydrogen-bond acceptors (Lipinski definition) is 6. The third-order valence-electron chi connectivity index (χ3n) is 6.24. The topological polar surface area (TPSA) is 102 Å². The van der Waals surface area contributed by atoms with Crippen molar-refractivity contribution in [3.05, 3.63) is 84.6 Å². The number of carbonyl (C=O) groups is 2. The van der Waals surface area contributed by atoms with Crippen molar-refractivity contribution in [3.63, 3.8) is 0 Å². The fourth-order valence-electron chi connectivity index (χ4n) is 4.32. The van der Waals surface area contributed by atoms with Crippen LogP contribution in [0.5, 0.6) is 5.75 Å². The van der Waals surface area contributed by atoms with Crippen LogP contribution >= 0.6 is 0 Å². The van der Waals surface area contributed by atoms with Crippen molar-refractivity contribution in [2.45, 2.75) is 25.2 Å². The molecule has 4 heterocycles. The number of hydrogen-bond donors (Lipinski definition) is 1. The van der Waals surface area contributed by atoms with Gasteiger partial charge in [-0.3, -0.25) is 19.3 Å². The molecule has 5 rings (SSSR count). The van der Waals surface area contributed by atoms with E-state index in [4.69, 9.17) is 0 Å². The van der Waals surface area contributed by atoms with Gasteiger partial charge in [-0.25, -0.2) is 4.98 Å². The summed E-state index contributed by atoms with van der Waals surface area (Å²) in [7, 11) is 0. The molecule has 9 nitrogen and oxygen atoms in total. The largest absolute Gasteiger partial charge is 0.573 e. The summed E-state index contributed by atoms with van der Waals surface area (Å²) in [5, 5.41) is 7.95. The van der Waals surface area contributed by atoms with E-state index < -0.39 is 12.3 Å². The van der Waals surface area contributed by atoms with E-state index in [9.17, 15) is 22.8 Å². The van der Waals surface area contributed by atoms with Crippen LogP contribution in [0.2, 0.25) is 0 Å². The standard InChI is InChI=1S/C27H23F3N6O3/c28-27(29,30)39-22-5-1-18(2-6-22)3-8-25(37)33-20-16-32-36(17-20)21-10-13-35(14-11-21)26(38)24-7-4-19-15-31-12-9-23(19)34-24/h1-9,12,15-17,21H,10-11,13-14H2,(H,33,37)/b8-3+. The van der Waals surface area contributed by atoms with Crippen molar-refractivity contribution in [2.75, 3.05) is 18.4 Å². The molecule has 0 aliphatic carbocycles. The number of aromatic nitrogens is 4. The average Bonchev–Trinajstić information content (AvgIpc) is 3.39. The predicted molar refractivity (Wildman–Crippen MR) is 137 cm³/mol. The number of pyridine rings is 2. The van der Waals surface area contributed by atoms with Crippen LogP contribution in [0.4, 0.5) is 18.9 Å². The highest BCUT2D eigenvalue weighted by Gasteiger charge is 2.31. The van der Waals surface area contributed by atoms with Crippen molar-refractivity contribution < 1.29 is 27.5 Å². The van der Waals surface area contributed by atoms with Crippen LogP contribution < -0.4 is 10.1 Å². The van der Waals surface area contributed by atoms with Gasteiger partial charge < -0.3 is 15.0 Å². The molecule has 3 aromatic heterocycles. The fourth-order valence-corrected chi connectivity index (χ4v) is 4.32. The fraction of sp³-hybridized carbons (Fsp3) is 0.222. The molecule has 1 aliphatic heterocycles. The molecule has 4 aromatic rings. The number of amides is 2. The van der Waals surface area contributed by atoms with Gasteiger partial charge >= 0.3 is 6.36 Å². The third kappa shape index (κ3) is 6.58. The van der Waals surface area contributed by atoms with Gasteiger partial charge in [-0.1, -0.05) is 12.1 Å². The Morgan fingerprint density at radius 1 is 1.03 bits per heavy atom. The van der Waals surface area contributed by atoms with Gasteiger partial charge in [0.1, 0.15) is 11.4 Å². The van der Waals surface area contributed by atoms with Crippen LogP contribution in [-0.2, 0) is 4.79 Å². The maximum Gasteiger partial charge on any atom is 0.573 e. The zero-order chi connectivity index (χ0) is 27.4. The highest BCUT2D eigenvalue weighted by molar-refractivity contribution is 6.01. The Morgan fingerprint density at radius 2 is 1.79 bits per heavy atom. The van der Waals surface area contributed by atoms with Gasteiger partial charge in [-0.05, 0) is 54.8 Å². The van der Waals surface area contributed by atoms with Gasteiger partial charge in [0.15, 0.2) is 0 Å². The number of halogens is 3. The van der Waals surface area contributed by atoms with Crippen LogP contribution in [0.15, 0.2) is 73.3 Å². The van der Waals surface area contributed by atoms with Crippen molar-refractivity contribution in [1.29, 1.82) is 0 Å². The van der Waals surface area contributed by atoms with Crippen LogP contribution in [0.1, 0.15) is 34.9 Å². The zero-order valence-corrected chi connectivity index (χ0v) is 20.5. The van der Waals surface area contributed by atoms with E-state index >= 15 is 0 Å². The Hall–Kier alpha value is -4.74. The molecular weight excluding hydrogens is 513 g/mol. The first-order valence-electron chi connectivity index (χ1n) is 12.1. The van der Waals surface area contributed by atoms with Crippen molar-refractivity contribution in [1.82, 2.24) is 24.6 Å². The summed E-state index contributed by atoms with van der Waals surface area (Å²) in [4.78, 5) is 35.6. The van der Waals surface area contributed by atoms with E-state index in [2.05, 4.69) is 25.1 Å². The van der Waals surface area contributed by atoms with Crippen LogP contribution in [0.25, 0.3) is 17.0 Å². The number of benzene rings is 1. The number of carbonyl (C=O) groups excluding carboxylic acids is 2. The number of likely N-dealkylation sites (tertiary alicyclic amines) is 1. The summed E-state index contributed by atoms with van der Waals surface area (Å²) < 4.78 is 42.4. The average molecular weight is 537 g/mol. The van der Waals surface area contributed by atoms with E-state index in [1.807, 2.05) is 6.07 Å². The highest BCUT2D eigenvalue weighted by Crippen LogP contribution is 2.25. The molecule has 12 heteroatoms. The molecule has 1 saturated heterocycles. The van der Waals surface area contributed by atoms with Gasteiger partial charge in [0, 0.05) is 43.1 Å². The number of nitrogens with one attached hydrogen (secondary N) is 1. The zero-order valence-electron chi connectivity index (χ0n) is 20.5. The number of fused-ring (bicyclic) bond motifs is 1. The van der Waals surface area contributed by atoms with Crippen molar-refractivity contribution in [2.24, 2.45) is 0 Å². The van der Waals surface area contributed by atoms with Gasteiger partial charge in [0.05, 0.1) is 23.4 Å². The van der Waals surface area contributed by atoms with Gasteiger partial charge in [0.2, 0.25) is 5.91 Å². The lowest BCUT2D eigenvalue weighted by Crippen LogP contribution is -2.39. The number of rotatable bonds is 6. The molecule has 1 aromatic carbocycles. The lowest BCUT2D eigenvalue weighted by molar-refractivity contribution is -0.274. The Kier molecular flexibility index (Phi) is 7.26. The first-order chi connectivity index (χ1) is 18.7. The highest BCUT2D eigenvalue weighted by atomic mass is 19.4. The quantitative estimate of drug-likeness (QED) is 0.354. The molecule has 1 N–H and O–H groups in total. The van der Waals surface area contributed by atoms with E-state index in [0.29, 0.717) is 42.9 Å². The second kappa shape index (κ2) is 10.9. The molecule has 0 unspecified atom stereocenters. The van der Waals surface area contributed by atoms with E-state index in [-0.39, 0.29) is 17.7 Å². The Labute approximate surface area is 220 Å². The Balaban J connectivity index is 1.12. The second-order valence-corrected chi connectivity index (χ2v) is 8.94. The minimum atomic E-state index is -4.76. The second-order valence-electron chi connectivity index (χ2n) is 8.94. The van der Waals surface area contributed by atoms with Crippen LogP contribution in [0.3, 0.4) is 0 Å². The molecule has 1 aliphatic rings. The summed E-state index contributed by atoms with van der Waals surface area (Å²) in [6, 6.07) is 10.6. The Morgan fingerprint density at radius 3 is 2.54 bits per heavy atom. The molecule has 0 saturated carbocycles. The number of alkyl halides is 3. The molecule has 0 radical (unpaired) electrons. The molecule has 2 amide bonds. The number of piperidine rings is 1. The Bertz CT molecular complexity index is 1510. The summed E-state index contributed by atoms with van der Waals surface area (Å²) in [5.74, 6) is -0.867. The van der Waals surface area contributed by atoms with E-state index in [1.54, 1.807) is 46.5 Å². The van der Waals surface area contributed by atoms with Crippen molar-refractivity contribution >= 4 is 34.5 Å². The SMILES string of the molecule is O=C(/C=C/c1ccc(OC(F)(F)F)cc1)Nc1cnn(C2CCN(C(=O)c3ccc4cnccc4n3)CC2)c1. The molecule has 39 heavy (non-hydrogen) atoms. The number of anilines is 1. The molecule has 0 bridgehead atoms. The molecule has 1 fully saturated rings. The lowest BCUT2D eigenvalue weighted by atomic mass is 10.0. The van der Waals surface area contributed by atoms with E-state index in [0.717, 1.165) is 10.9 Å². The molecule has 0 spiro atoms. The smallest absolute Gasteiger partial charge is 0.406 e. The van der Waals surface area contributed by atoms with Gasteiger partial charge in [-0.15, -0.1) is 13.2 Å². The maximum absolute atomic E-state index is 13.0. The van der Waals surface area contributed by atoms with Crippen molar-refractivity contribution in [3.8, 4) is 5.75 Å². The van der Waals surface area contributed by atoms with Crippen LogP contribution in [0, 0.1) is 0 Å². The summed E-state index contributed by atoms with van der Waals surface area (Å²) >= 11 is 0. The maximum atomic E-state index is 13.0. The normalized spacial score (nSPS) is 14.6. The third-order valence-corrected chi connectivity index (χ3v) is 6.24. The molecule has 0 atom stereocenters. The lowest BCUT2D eigenvalue weighted by Gasteiger charge is -2.31. The summed E-state index contributed by atoms with van der Waals surface area (Å²) in [5.41, 5.74) is 2.16. The minimum absolute atomic E-state index is 0.0725. The van der Waals surface area contributed by atoms with Crippen LogP contribution in [-0.4, -0.2) is 55.9 Å². The van der Waals surface area contributed by atoms with E-state index in [1.165, 1.54) is 36.4 Å². The minimum Gasteiger partial charge on any atom is -0.406 e. The number of nitrogens with zero attached hydrogens (tertiary/aromatic N) is 5. The van der Waals surface area contributed by atoms with Gasteiger partial charge in [-0.2, -0.15) is 5.10 Å². The first kappa shape index (κ1) is 25.9.